The predicted molar refractivity (Wildman–Crippen MR) is 51.7 cm³/mol. The van der Waals surface area contributed by atoms with Crippen LogP contribution in [-0.4, -0.2) is 37.5 Å². The zero-order chi connectivity index (χ0) is 7.98. The van der Waals surface area contributed by atoms with Crippen molar-refractivity contribution in [3.63, 3.8) is 0 Å². The summed E-state index contributed by atoms with van der Waals surface area (Å²) in [6.45, 7) is 3.33. The molecule has 0 heterocycles. The molecule has 0 aliphatic carbocycles. The Morgan fingerprint density at radius 1 is 1.33 bits per heavy atom. The molecule has 0 aromatic heterocycles. The fraction of sp³-hybridized carbons (Fsp3) is 1.00. The molecule has 12 heavy (non-hydrogen) atoms. The molecule has 0 fully saturated rings. The van der Waals surface area contributed by atoms with E-state index in [1.54, 1.807) is 4.90 Å². The van der Waals surface area contributed by atoms with Gasteiger partial charge in [-0.15, -0.1) is 24.8 Å². The molecule has 0 aliphatic heterocycles. The van der Waals surface area contributed by atoms with Crippen LogP contribution in [0.3, 0.4) is 0 Å². The molecule has 0 spiro atoms. The molecule has 78 valence electrons. The molecule has 0 aromatic carbocycles. The number of rotatable bonds is 5. The van der Waals surface area contributed by atoms with E-state index in [0.717, 1.165) is 0 Å². The number of nitrogens with zero attached hydrogens (tertiary/aromatic N) is 1. The molecule has 0 rings (SSSR count). The fourth-order valence-electron chi connectivity index (χ4n) is 0.756. The maximum absolute atomic E-state index is 11.7. The minimum absolute atomic E-state index is 0. The summed E-state index contributed by atoms with van der Waals surface area (Å²) in [6.07, 6.45) is -2.24. The maximum Gasteiger partial charge on any atom is 0.251 e. The molecule has 0 saturated carbocycles. The molecule has 0 amide bonds. The van der Waals surface area contributed by atoms with Crippen molar-refractivity contribution in [3.05, 3.63) is 0 Å². The van der Waals surface area contributed by atoms with Gasteiger partial charge in [-0.25, -0.2) is 8.78 Å². The van der Waals surface area contributed by atoms with Gasteiger partial charge in [-0.3, -0.25) is 4.90 Å². The highest BCUT2D eigenvalue weighted by Gasteiger charge is 2.07. The van der Waals surface area contributed by atoms with Gasteiger partial charge in [0, 0.05) is 13.1 Å². The highest BCUT2D eigenvalue weighted by atomic mass is 35.5. The quantitative estimate of drug-likeness (QED) is 0.765. The Hall–Kier alpha value is 0.360. The monoisotopic (exact) mass is 224 g/mol. The van der Waals surface area contributed by atoms with Crippen molar-refractivity contribution in [2.24, 2.45) is 5.73 Å². The van der Waals surface area contributed by atoms with E-state index in [1.165, 1.54) is 0 Å². The van der Waals surface area contributed by atoms with Gasteiger partial charge >= 0.3 is 0 Å². The molecule has 0 bridgehead atoms. The molecule has 0 aliphatic rings. The van der Waals surface area contributed by atoms with Crippen molar-refractivity contribution < 1.29 is 8.78 Å². The smallest absolute Gasteiger partial charge is 0.251 e. The first kappa shape index (κ1) is 18.2. The summed E-state index contributed by atoms with van der Waals surface area (Å²) in [5.74, 6) is 0. The largest absolute Gasteiger partial charge is 0.329 e. The van der Waals surface area contributed by atoms with Crippen LogP contribution in [0.1, 0.15) is 6.92 Å². The van der Waals surface area contributed by atoms with E-state index in [-0.39, 0.29) is 31.4 Å². The summed E-state index contributed by atoms with van der Waals surface area (Å²) >= 11 is 0. The van der Waals surface area contributed by atoms with Gasteiger partial charge in [0.1, 0.15) is 0 Å². The van der Waals surface area contributed by atoms with Crippen LogP contribution < -0.4 is 5.73 Å². The van der Waals surface area contributed by atoms with Gasteiger partial charge < -0.3 is 5.73 Å². The SMILES string of the molecule is CCN(CCN)CC(F)F.Cl.Cl. The van der Waals surface area contributed by atoms with Crippen LogP contribution in [0.15, 0.2) is 0 Å². The third-order valence-corrected chi connectivity index (χ3v) is 1.29. The molecular weight excluding hydrogens is 209 g/mol. The van der Waals surface area contributed by atoms with Crippen molar-refractivity contribution >= 4 is 24.8 Å². The van der Waals surface area contributed by atoms with Crippen LogP contribution in [0.25, 0.3) is 0 Å². The van der Waals surface area contributed by atoms with Crippen molar-refractivity contribution in [1.29, 1.82) is 0 Å². The van der Waals surface area contributed by atoms with Crippen LogP contribution in [0.2, 0.25) is 0 Å². The number of nitrogens with two attached hydrogens (primary N) is 1. The van der Waals surface area contributed by atoms with Crippen LogP contribution in [0.4, 0.5) is 8.78 Å². The third kappa shape index (κ3) is 10.4. The topological polar surface area (TPSA) is 29.3 Å². The minimum atomic E-state index is -2.24. The zero-order valence-electron chi connectivity index (χ0n) is 7.00. The summed E-state index contributed by atoms with van der Waals surface area (Å²) in [5, 5.41) is 0. The van der Waals surface area contributed by atoms with Crippen molar-refractivity contribution in [2.75, 3.05) is 26.2 Å². The highest BCUT2D eigenvalue weighted by molar-refractivity contribution is 5.85. The standard InChI is InChI=1S/C6H14F2N2.2ClH/c1-2-10(4-3-9)5-6(7)8;;/h6H,2-5,9H2,1H3;2*1H. The Morgan fingerprint density at radius 3 is 2.08 bits per heavy atom. The minimum Gasteiger partial charge on any atom is -0.329 e. The number of hydrogen-bond acceptors (Lipinski definition) is 2. The lowest BCUT2D eigenvalue weighted by Gasteiger charge is -2.17. The lowest BCUT2D eigenvalue weighted by Crippen LogP contribution is -2.33. The molecule has 0 aromatic rings. The average molecular weight is 225 g/mol. The van der Waals surface area contributed by atoms with E-state index in [9.17, 15) is 8.78 Å². The molecule has 0 unspecified atom stereocenters. The number of alkyl halides is 2. The van der Waals surface area contributed by atoms with E-state index >= 15 is 0 Å². The Kier molecular flexibility index (Phi) is 17.2. The predicted octanol–water partition coefficient (Wildman–Crippen LogP) is 1.38. The molecule has 0 atom stereocenters. The van der Waals surface area contributed by atoms with Crippen molar-refractivity contribution in [3.8, 4) is 0 Å². The average Bonchev–Trinajstić information content (AvgIpc) is 1.86. The molecule has 2 N–H and O–H groups in total. The zero-order valence-corrected chi connectivity index (χ0v) is 8.64. The summed E-state index contributed by atoms with van der Waals surface area (Å²) in [5.41, 5.74) is 5.19. The first-order valence-corrected chi connectivity index (χ1v) is 3.41. The summed E-state index contributed by atoms with van der Waals surface area (Å²) in [6, 6.07) is 0. The lowest BCUT2D eigenvalue weighted by molar-refractivity contribution is 0.0923. The summed E-state index contributed by atoms with van der Waals surface area (Å²) in [7, 11) is 0. The Balaban J connectivity index is -0.000000405. The number of hydrogen-bond donors (Lipinski definition) is 1. The summed E-state index contributed by atoms with van der Waals surface area (Å²) < 4.78 is 23.4. The van der Waals surface area contributed by atoms with Gasteiger partial charge in [0.25, 0.3) is 6.43 Å². The Labute approximate surface area is 84.3 Å². The molecule has 6 heteroatoms. The van der Waals surface area contributed by atoms with Crippen LogP contribution >= 0.6 is 24.8 Å². The Morgan fingerprint density at radius 2 is 1.83 bits per heavy atom. The normalized spacial score (nSPS) is 9.50. The van der Waals surface area contributed by atoms with Crippen LogP contribution in [-0.2, 0) is 0 Å². The van der Waals surface area contributed by atoms with Gasteiger partial charge in [-0.05, 0) is 6.54 Å². The van der Waals surface area contributed by atoms with E-state index in [0.29, 0.717) is 19.6 Å². The summed E-state index contributed by atoms with van der Waals surface area (Å²) in [4.78, 5) is 1.63. The van der Waals surface area contributed by atoms with Gasteiger partial charge in [0.2, 0.25) is 0 Å². The van der Waals surface area contributed by atoms with Gasteiger partial charge in [-0.1, -0.05) is 6.92 Å². The molecule has 0 saturated heterocycles. The first-order chi connectivity index (χ1) is 4.70. The van der Waals surface area contributed by atoms with E-state index in [4.69, 9.17) is 5.73 Å². The van der Waals surface area contributed by atoms with E-state index in [2.05, 4.69) is 0 Å². The van der Waals surface area contributed by atoms with Crippen LogP contribution in [0, 0.1) is 0 Å². The lowest BCUT2D eigenvalue weighted by atomic mass is 10.4. The van der Waals surface area contributed by atoms with E-state index in [1.807, 2.05) is 6.92 Å². The highest BCUT2D eigenvalue weighted by Crippen LogP contribution is 1.96. The number of halogens is 4. The van der Waals surface area contributed by atoms with E-state index < -0.39 is 6.43 Å². The van der Waals surface area contributed by atoms with Crippen molar-refractivity contribution in [2.45, 2.75) is 13.3 Å². The fourth-order valence-corrected chi connectivity index (χ4v) is 0.756. The van der Waals surface area contributed by atoms with Crippen molar-refractivity contribution in [1.82, 2.24) is 4.90 Å². The molecule has 2 nitrogen and oxygen atoms in total. The Bertz CT molecular complexity index is 85.9. The van der Waals surface area contributed by atoms with Gasteiger partial charge in [0.05, 0.1) is 6.54 Å². The third-order valence-electron chi connectivity index (χ3n) is 1.29. The van der Waals surface area contributed by atoms with Gasteiger partial charge in [-0.2, -0.15) is 0 Å². The van der Waals surface area contributed by atoms with Gasteiger partial charge in [0.15, 0.2) is 0 Å². The number of likely N-dealkylation sites (N-methyl/N-ethyl adjacent to an activating group) is 1. The second-order valence-corrected chi connectivity index (χ2v) is 2.07. The second kappa shape index (κ2) is 11.4. The molecule has 0 radical (unpaired) electrons. The first-order valence-electron chi connectivity index (χ1n) is 3.41. The second-order valence-electron chi connectivity index (χ2n) is 2.07. The van der Waals surface area contributed by atoms with Crippen LogP contribution in [0.5, 0.6) is 0 Å². The maximum atomic E-state index is 11.7. The molecular formula is C6H16Cl2F2N2.